The number of oxazole rings is 1. The quantitative estimate of drug-likeness (QED) is 0.387. The molecule has 38 heavy (non-hydrogen) atoms. The number of halogens is 4. The van der Waals surface area contributed by atoms with Gasteiger partial charge in [0.15, 0.2) is 23.1 Å². The predicted molar refractivity (Wildman–Crippen MR) is 127 cm³/mol. The number of ether oxygens (including phenoxy) is 1. The van der Waals surface area contributed by atoms with E-state index >= 15 is 0 Å². The maximum absolute atomic E-state index is 14.0. The van der Waals surface area contributed by atoms with E-state index in [4.69, 9.17) is 14.9 Å². The van der Waals surface area contributed by atoms with Gasteiger partial charge in [-0.25, -0.2) is 24.3 Å². The second kappa shape index (κ2) is 9.85. The Hall–Kier alpha value is -4.33. The highest BCUT2D eigenvalue weighted by molar-refractivity contribution is 5.98. The summed E-state index contributed by atoms with van der Waals surface area (Å²) in [6.07, 6.45) is -2.32. The lowest BCUT2D eigenvalue weighted by atomic mass is 10.1. The number of nitrogens with zero attached hydrogens (tertiary/aromatic N) is 6. The number of aromatic nitrogens is 4. The molecule has 5 rings (SSSR count). The number of carbonyl (C=O) groups is 1. The maximum Gasteiger partial charge on any atom is 0.433 e. The number of fused-ring (bicyclic) bond motifs is 1. The van der Waals surface area contributed by atoms with Gasteiger partial charge in [-0.05, 0) is 24.3 Å². The highest BCUT2D eigenvalue weighted by Crippen LogP contribution is 2.37. The topological polar surface area (TPSA) is 124 Å². The SMILES string of the molecule is COc1ccc(-c2nc(C(=O)N3CCN(c4ncncc4F)CC3)c(CN)o2)c2ccc(C(F)(F)F)nc12. The Bertz CT molecular complexity index is 1500. The molecule has 0 spiro atoms. The number of anilines is 1. The summed E-state index contributed by atoms with van der Waals surface area (Å²) in [5.74, 6) is -0.564. The van der Waals surface area contributed by atoms with Gasteiger partial charge in [0.2, 0.25) is 5.89 Å². The summed E-state index contributed by atoms with van der Waals surface area (Å²) in [5, 5.41) is 0.293. The summed E-state index contributed by atoms with van der Waals surface area (Å²) in [5.41, 5.74) is 5.03. The van der Waals surface area contributed by atoms with Crippen molar-refractivity contribution < 1.29 is 31.5 Å². The minimum atomic E-state index is -4.65. The number of methoxy groups -OCH3 is 1. The average Bonchev–Trinajstić information content (AvgIpc) is 3.36. The van der Waals surface area contributed by atoms with Crippen molar-refractivity contribution in [2.45, 2.75) is 12.7 Å². The number of benzene rings is 1. The van der Waals surface area contributed by atoms with E-state index in [1.165, 1.54) is 25.6 Å². The van der Waals surface area contributed by atoms with Crippen LogP contribution in [0.2, 0.25) is 0 Å². The van der Waals surface area contributed by atoms with Gasteiger partial charge in [0.05, 0.1) is 19.9 Å². The molecule has 0 radical (unpaired) electrons. The fourth-order valence-electron chi connectivity index (χ4n) is 4.28. The van der Waals surface area contributed by atoms with Crippen LogP contribution in [0.4, 0.5) is 23.4 Å². The number of nitrogens with two attached hydrogens (primary N) is 1. The van der Waals surface area contributed by atoms with E-state index in [1.54, 1.807) is 15.9 Å². The summed E-state index contributed by atoms with van der Waals surface area (Å²) in [7, 11) is 1.32. The van der Waals surface area contributed by atoms with Crippen LogP contribution in [-0.4, -0.2) is 64.0 Å². The van der Waals surface area contributed by atoms with E-state index in [2.05, 4.69) is 19.9 Å². The van der Waals surface area contributed by atoms with Crippen molar-refractivity contribution in [1.29, 1.82) is 0 Å². The van der Waals surface area contributed by atoms with Gasteiger partial charge in [-0.2, -0.15) is 13.2 Å². The van der Waals surface area contributed by atoms with Crippen LogP contribution in [0.5, 0.6) is 5.75 Å². The van der Waals surface area contributed by atoms with Gasteiger partial charge in [-0.1, -0.05) is 0 Å². The molecule has 1 aliphatic rings. The summed E-state index contributed by atoms with van der Waals surface area (Å²) in [6, 6.07) is 5.11. The van der Waals surface area contributed by atoms with Crippen LogP contribution in [0.15, 0.2) is 41.2 Å². The summed E-state index contributed by atoms with van der Waals surface area (Å²) >= 11 is 0. The average molecular weight is 531 g/mol. The number of hydrogen-bond donors (Lipinski definition) is 1. The zero-order valence-electron chi connectivity index (χ0n) is 20.0. The van der Waals surface area contributed by atoms with E-state index in [1.807, 2.05) is 0 Å². The number of pyridine rings is 1. The molecule has 1 aromatic carbocycles. The number of carbonyl (C=O) groups excluding carboxylic acids is 1. The molecule has 0 bridgehead atoms. The fourth-order valence-corrected chi connectivity index (χ4v) is 4.28. The zero-order valence-corrected chi connectivity index (χ0v) is 20.0. The minimum absolute atomic E-state index is 0.00436. The Kier molecular flexibility index (Phi) is 6.57. The lowest BCUT2D eigenvalue weighted by Crippen LogP contribution is -2.49. The number of piperazine rings is 1. The van der Waals surface area contributed by atoms with Crippen LogP contribution >= 0.6 is 0 Å². The molecule has 1 saturated heterocycles. The van der Waals surface area contributed by atoms with Crippen molar-refractivity contribution in [2.24, 2.45) is 5.73 Å². The van der Waals surface area contributed by atoms with Crippen molar-refractivity contribution >= 4 is 22.6 Å². The van der Waals surface area contributed by atoms with E-state index in [0.717, 1.165) is 12.3 Å². The molecule has 2 N–H and O–H groups in total. The molecule has 1 aliphatic heterocycles. The lowest BCUT2D eigenvalue weighted by Gasteiger charge is -2.35. The van der Waals surface area contributed by atoms with Gasteiger partial charge in [0.1, 0.15) is 23.3 Å². The molecule has 0 unspecified atom stereocenters. The Balaban J connectivity index is 1.44. The first-order valence-electron chi connectivity index (χ1n) is 11.5. The third-order valence-electron chi connectivity index (χ3n) is 6.16. The molecule has 3 aromatic heterocycles. The van der Waals surface area contributed by atoms with Crippen molar-refractivity contribution in [3.63, 3.8) is 0 Å². The van der Waals surface area contributed by atoms with Gasteiger partial charge in [-0.3, -0.25) is 4.79 Å². The molecular formula is C24H21F4N7O3. The molecule has 4 heterocycles. The van der Waals surface area contributed by atoms with Gasteiger partial charge in [-0.15, -0.1) is 0 Å². The lowest BCUT2D eigenvalue weighted by molar-refractivity contribution is -0.140. The van der Waals surface area contributed by atoms with E-state index < -0.39 is 23.6 Å². The highest BCUT2D eigenvalue weighted by atomic mass is 19.4. The molecule has 0 saturated carbocycles. The minimum Gasteiger partial charge on any atom is -0.494 e. The summed E-state index contributed by atoms with van der Waals surface area (Å²) < 4.78 is 64.8. The van der Waals surface area contributed by atoms with Gasteiger partial charge >= 0.3 is 6.18 Å². The zero-order chi connectivity index (χ0) is 27.0. The molecular weight excluding hydrogens is 510 g/mol. The second-order valence-corrected chi connectivity index (χ2v) is 8.37. The molecule has 10 nitrogen and oxygen atoms in total. The Morgan fingerprint density at radius 2 is 1.89 bits per heavy atom. The van der Waals surface area contributed by atoms with Crippen LogP contribution in [0, 0.1) is 5.82 Å². The van der Waals surface area contributed by atoms with Crippen molar-refractivity contribution in [3.05, 3.63) is 59.8 Å². The molecule has 4 aromatic rings. The smallest absolute Gasteiger partial charge is 0.433 e. The molecule has 198 valence electrons. The Morgan fingerprint density at radius 3 is 2.55 bits per heavy atom. The second-order valence-electron chi connectivity index (χ2n) is 8.37. The monoisotopic (exact) mass is 531 g/mol. The van der Waals surface area contributed by atoms with Gasteiger partial charge in [0.25, 0.3) is 5.91 Å². The molecule has 0 atom stereocenters. The van der Waals surface area contributed by atoms with Crippen LogP contribution < -0.4 is 15.4 Å². The Labute approximate surface area is 213 Å². The number of rotatable bonds is 5. The van der Waals surface area contributed by atoms with E-state index in [-0.39, 0.29) is 54.1 Å². The number of amides is 1. The summed E-state index contributed by atoms with van der Waals surface area (Å²) in [4.78, 5) is 32.3. The third kappa shape index (κ3) is 4.58. The van der Waals surface area contributed by atoms with Gasteiger partial charge in [0, 0.05) is 37.1 Å². The maximum atomic E-state index is 14.0. The van der Waals surface area contributed by atoms with E-state index in [0.29, 0.717) is 24.0 Å². The highest BCUT2D eigenvalue weighted by Gasteiger charge is 2.33. The molecule has 1 fully saturated rings. The molecule has 0 aliphatic carbocycles. The predicted octanol–water partition coefficient (Wildman–Crippen LogP) is 3.27. The number of hydrogen-bond acceptors (Lipinski definition) is 9. The summed E-state index contributed by atoms with van der Waals surface area (Å²) in [6.45, 7) is 1.07. The van der Waals surface area contributed by atoms with Crippen molar-refractivity contribution in [1.82, 2.24) is 24.8 Å². The van der Waals surface area contributed by atoms with Crippen LogP contribution in [0.3, 0.4) is 0 Å². The third-order valence-corrected chi connectivity index (χ3v) is 6.16. The largest absolute Gasteiger partial charge is 0.494 e. The van der Waals surface area contributed by atoms with Crippen LogP contribution in [0.1, 0.15) is 21.9 Å². The van der Waals surface area contributed by atoms with Crippen LogP contribution in [0.25, 0.3) is 22.4 Å². The first-order chi connectivity index (χ1) is 18.2. The fraction of sp³-hybridized carbons (Fsp3) is 0.292. The normalized spacial score (nSPS) is 14.3. The van der Waals surface area contributed by atoms with Crippen molar-refractivity contribution in [2.75, 3.05) is 38.2 Å². The Morgan fingerprint density at radius 1 is 1.13 bits per heavy atom. The first kappa shape index (κ1) is 25.3. The van der Waals surface area contributed by atoms with Crippen LogP contribution in [-0.2, 0) is 12.7 Å². The van der Waals surface area contributed by atoms with E-state index in [9.17, 15) is 22.4 Å². The standard InChI is InChI=1S/C24H21F4N7O3/c1-37-16-4-2-14(13-3-5-18(24(26,27)28)32-19(13)16)22-33-20(17(10-29)38-22)23(36)35-8-6-34(7-9-35)21-15(25)11-30-12-31-21/h2-5,11-12H,6-10,29H2,1H3. The number of alkyl halides is 3. The van der Waals surface area contributed by atoms with Crippen molar-refractivity contribution in [3.8, 4) is 17.2 Å². The first-order valence-corrected chi connectivity index (χ1v) is 11.5. The molecule has 1 amide bonds. The van der Waals surface area contributed by atoms with Gasteiger partial charge < -0.3 is 24.7 Å². The molecule has 14 heteroatoms.